The Balaban J connectivity index is 2.65. The summed E-state index contributed by atoms with van der Waals surface area (Å²) in [5.74, 6) is -1.25. The van der Waals surface area contributed by atoms with Gasteiger partial charge in [0.2, 0.25) is 0 Å². The average Bonchev–Trinajstić information content (AvgIpc) is 2.68. The lowest BCUT2D eigenvalue weighted by atomic mass is 10.0. The van der Waals surface area contributed by atoms with Crippen molar-refractivity contribution in [3.8, 4) is 22.9 Å². The molecule has 0 saturated heterocycles. The van der Waals surface area contributed by atoms with Crippen LogP contribution in [0, 0.1) is 17.1 Å². The van der Waals surface area contributed by atoms with E-state index in [1.54, 1.807) is 6.07 Å². The predicted molar refractivity (Wildman–Crippen MR) is 54.8 cm³/mol. The SMILES string of the molecule is N#Cc1cc(-c2cn[nH]c2N)cc(F)c1O. The number of nitrogen functional groups attached to an aromatic ring is 1. The van der Waals surface area contributed by atoms with E-state index in [0.29, 0.717) is 11.1 Å². The molecule has 0 atom stereocenters. The van der Waals surface area contributed by atoms with Crippen molar-refractivity contribution in [2.45, 2.75) is 0 Å². The molecule has 1 heterocycles. The van der Waals surface area contributed by atoms with Gasteiger partial charge < -0.3 is 10.8 Å². The lowest BCUT2D eigenvalue weighted by Crippen LogP contribution is -1.90. The van der Waals surface area contributed by atoms with Crippen molar-refractivity contribution in [3.05, 3.63) is 29.7 Å². The van der Waals surface area contributed by atoms with Crippen LogP contribution in [-0.2, 0) is 0 Å². The molecule has 80 valence electrons. The molecule has 0 spiro atoms. The maximum absolute atomic E-state index is 13.3. The van der Waals surface area contributed by atoms with Gasteiger partial charge in [-0.15, -0.1) is 0 Å². The van der Waals surface area contributed by atoms with Crippen LogP contribution < -0.4 is 5.73 Å². The number of anilines is 1. The molecular formula is C10H7FN4O. The van der Waals surface area contributed by atoms with Crippen molar-refractivity contribution in [1.82, 2.24) is 10.2 Å². The number of hydrogen-bond acceptors (Lipinski definition) is 4. The summed E-state index contributed by atoms with van der Waals surface area (Å²) in [6, 6.07) is 4.14. The molecule has 4 N–H and O–H groups in total. The number of nitriles is 1. The number of nitrogens with one attached hydrogen (secondary N) is 1. The third kappa shape index (κ3) is 1.44. The van der Waals surface area contributed by atoms with Gasteiger partial charge in [-0.25, -0.2) is 4.39 Å². The zero-order valence-electron chi connectivity index (χ0n) is 8.03. The second-order valence-electron chi connectivity index (χ2n) is 3.16. The summed E-state index contributed by atoms with van der Waals surface area (Å²) in [6.07, 6.45) is 1.42. The molecular weight excluding hydrogens is 211 g/mol. The number of halogens is 1. The first-order valence-electron chi connectivity index (χ1n) is 4.35. The Morgan fingerprint density at radius 3 is 2.81 bits per heavy atom. The molecule has 2 aromatic rings. The van der Waals surface area contributed by atoms with Crippen LogP contribution in [0.5, 0.6) is 5.75 Å². The number of nitrogens with two attached hydrogens (primary N) is 1. The third-order valence-electron chi connectivity index (χ3n) is 2.16. The van der Waals surface area contributed by atoms with E-state index in [-0.39, 0.29) is 11.4 Å². The Labute approximate surface area is 89.9 Å². The summed E-state index contributed by atoms with van der Waals surface area (Å²) < 4.78 is 13.3. The van der Waals surface area contributed by atoms with Gasteiger partial charge in [0.25, 0.3) is 0 Å². The molecule has 0 amide bonds. The van der Waals surface area contributed by atoms with Crippen molar-refractivity contribution in [2.24, 2.45) is 0 Å². The van der Waals surface area contributed by atoms with E-state index < -0.39 is 11.6 Å². The molecule has 5 nitrogen and oxygen atoms in total. The Morgan fingerprint density at radius 2 is 2.25 bits per heavy atom. The second-order valence-corrected chi connectivity index (χ2v) is 3.16. The fourth-order valence-electron chi connectivity index (χ4n) is 1.37. The molecule has 0 bridgehead atoms. The number of benzene rings is 1. The fraction of sp³-hybridized carbons (Fsp3) is 0. The maximum atomic E-state index is 13.3. The highest BCUT2D eigenvalue weighted by molar-refractivity contribution is 5.75. The third-order valence-corrected chi connectivity index (χ3v) is 2.16. The van der Waals surface area contributed by atoms with Gasteiger partial charge in [-0.3, -0.25) is 5.10 Å². The first-order chi connectivity index (χ1) is 7.63. The summed E-state index contributed by atoms with van der Waals surface area (Å²) in [5, 5.41) is 24.1. The number of aromatic amines is 1. The first kappa shape index (κ1) is 9.98. The first-order valence-corrected chi connectivity index (χ1v) is 4.35. The molecule has 0 aliphatic carbocycles. The number of nitrogens with zero attached hydrogens (tertiary/aromatic N) is 2. The van der Waals surface area contributed by atoms with Crippen molar-refractivity contribution in [2.75, 3.05) is 5.73 Å². The van der Waals surface area contributed by atoms with Gasteiger partial charge in [0.1, 0.15) is 11.9 Å². The van der Waals surface area contributed by atoms with Crippen LogP contribution in [0.3, 0.4) is 0 Å². The minimum atomic E-state index is -0.866. The molecule has 0 radical (unpaired) electrons. The standard InChI is InChI=1S/C10H7FN4O/c11-8-2-5(1-6(3-12)9(8)16)7-4-14-15-10(7)13/h1-2,4,16H,(H3,13,14,15). The minimum Gasteiger partial charge on any atom is -0.504 e. The smallest absolute Gasteiger partial charge is 0.169 e. The van der Waals surface area contributed by atoms with E-state index in [9.17, 15) is 9.50 Å². The van der Waals surface area contributed by atoms with Crippen molar-refractivity contribution < 1.29 is 9.50 Å². The molecule has 2 rings (SSSR count). The Morgan fingerprint density at radius 1 is 1.50 bits per heavy atom. The molecule has 16 heavy (non-hydrogen) atoms. The highest BCUT2D eigenvalue weighted by Crippen LogP contribution is 2.30. The molecule has 6 heteroatoms. The Hall–Kier alpha value is -2.55. The lowest BCUT2D eigenvalue weighted by Gasteiger charge is -2.03. The average molecular weight is 218 g/mol. The van der Waals surface area contributed by atoms with Crippen molar-refractivity contribution in [3.63, 3.8) is 0 Å². The number of phenolic OH excluding ortho intramolecular Hbond substituents is 1. The van der Waals surface area contributed by atoms with Gasteiger partial charge in [-0.05, 0) is 17.7 Å². The topological polar surface area (TPSA) is 98.7 Å². The summed E-state index contributed by atoms with van der Waals surface area (Å²) >= 11 is 0. The van der Waals surface area contributed by atoms with Gasteiger partial charge >= 0.3 is 0 Å². The summed E-state index contributed by atoms with van der Waals surface area (Å²) in [4.78, 5) is 0. The zero-order valence-corrected chi connectivity index (χ0v) is 8.03. The van der Waals surface area contributed by atoms with Crippen LogP contribution in [0.25, 0.3) is 11.1 Å². The number of H-pyrrole nitrogens is 1. The number of hydrogen-bond donors (Lipinski definition) is 3. The largest absolute Gasteiger partial charge is 0.504 e. The van der Waals surface area contributed by atoms with Crippen LogP contribution in [0.15, 0.2) is 18.3 Å². The van der Waals surface area contributed by atoms with Crippen molar-refractivity contribution >= 4 is 5.82 Å². The number of rotatable bonds is 1. The molecule has 0 saturated carbocycles. The molecule has 0 aliphatic heterocycles. The van der Waals surface area contributed by atoms with E-state index in [4.69, 9.17) is 11.0 Å². The van der Waals surface area contributed by atoms with E-state index in [2.05, 4.69) is 10.2 Å². The summed E-state index contributed by atoms with van der Waals surface area (Å²) in [5.41, 5.74) is 6.29. The van der Waals surface area contributed by atoms with E-state index >= 15 is 0 Å². The normalized spacial score (nSPS) is 10.0. The molecule has 0 unspecified atom stereocenters. The predicted octanol–water partition coefficient (Wildman–Crippen LogP) is 1.38. The lowest BCUT2D eigenvalue weighted by molar-refractivity contribution is 0.431. The van der Waals surface area contributed by atoms with Crippen LogP contribution >= 0.6 is 0 Å². The minimum absolute atomic E-state index is 0.143. The van der Waals surface area contributed by atoms with Crippen LogP contribution in [-0.4, -0.2) is 15.3 Å². The number of aromatic hydroxyl groups is 1. The van der Waals surface area contributed by atoms with Crippen LogP contribution in [0.4, 0.5) is 10.2 Å². The Kier molecular flexibility index (Phi) is 2.21. The van der Waals surface area contributed by atoms with E-state index in [1.165, 1.54) is 12.3 Å². The zero-order chi connectivity index (χ0) is 11.7. The Bertz CT molecular complexity index is 585. The van der Waals surface area contributed by atoms with Gasteiger partial charge in [0.15, 0.2) is 11.6 Å². The quantitative estimate of drug-likeness (QED) is 0.673. The number of aromatic nitrogens is 2. The van der Waals surface area contributed by atoms with Gasteiger partial charge in [0.05, 0.1) is 11.8 Å². The molecule has 0 fully saturated rings. The van der Waals surface area contributed by atoms with Gasteiger partial charge in [0, 0.05) is 5.56 Å². The molecule has 0 aliphatic rings. The summed E-state index contributed by atoms with van der Waals surface area (Å²) in [7, 11) is 0. The van der Waals surface area contributed by atoms with E-state index in [1.807, 2.05) is 0 Å². The highest BCUT2D eigenvalue weighted by atomic mass is 19.1. The maximum Gasteiger partial charge on any atom is 0.169 e. The molecule has 1 aromatic carbocycles. The molecule has 1 aromatic heterocycles. The van der Waals surface area contributed by atoms with Crippen molar-refractivity contribution in [1.29, 1.82) is 5.26 Å². The second kappa shape index (κ2) is 3.55. The van der Waals surface area contributed by atoms with Crippen LogP contribution in [0.1, 0.15) is 5.56 Å². The monoisotopic (exact) mass is 218 g/mol. The fourth-order valence-corrected chi connectivity index (χ4v) is 1.37. The number of phenols is 1. The van der Waals surface area contributed by atoms with E-state index in [0.717, 1.165) is 6.07 Å². The van der Waals surface area contributed by atoms with Crippen LogP contribution in [0.2, 0.25) is 0 Å². The van der Waals surface area contributed by atoms with Gasteiger partial charge in [-0.2, -0.15) is 10.4 Å². The summed E-state index contributed by atoms with van der Waals surface area (Å²) in [6.45, 7) is 0. The highest BCUT2D eigenvalue weighted by Gasteiger charge is 2.12. The van der Waals surface area contributed by atoms with Gasteiger partial charge in [-0.1, -0.05) is 0 Å².